The molecule has 0 unspecified atom stereocenters. The molecule has 0 N–H and O–H groups in total. The fourth-order valence-electron chi connectivity index (χ4n) is 3.91. The van der Waals surface area contributed by atoms with Crippen molar-refractivity contribution in [2.24, 2.45) is 5.92 Å². The SMILES string of the molecule is CCOC(=O)[C@H]1CCCN(c2nccn3nc(-c4ccc(OC)c(OC)c4)cc23)C1. The van der Waals surface area contributed by atoms with Crippen LogP contribution in [0.25, 0.3) is 16.8 Å². The lowest BCUT2D eigenvalue weighted by molar-refractivity contribution is -0.148. The number of piperidine rings is 1. The molecule has 8 nitrogen and oxygen atoms in total. The molecule has 1 atom stereocenters. The summed E-state index contributed by atoms with van der Waals surface area (Å²) in [5, 5.41) is 4.71. The molecule has 0 spiro atoms. The molecule has 158 valence electrons. The number of anilines is 1. The Morgan fingerprint density at radius 1 is 1.20 bits per heavy atom. The van der Waals surface area contributed by atoms with Crippen molar-refractivity contribution in [3.63, 3.8) is 0 Å². The molecular formula is C22H26N4O4. The van der Waals surface area contributed by atoms with E-state index >= 15 is 0 Å². The third-order valence-electron chi connectivity index (χ3n) is 5.39. The van der Waals surface area contributed by atoms with Crippen molar-refractivity contribution in [1.82, 2.24) is 14.6 Å². The van der Waals surface area contributed by atoms with Gasteiger partial charge in [0.25, 0.3) is 0 Å². The fraction of sp³-hybridized carbons (Fsp3) is 0.409. The summed E-state index contributed by atoms with van der Waals surface area (Å²) in [5.74, 6) is 1.89. The van der Waals surface area contributed by atoms with Crippen LogP contribution >= 0.6 is 0 Å². The number of benzene rings is 1. The van der Waals surface area contributed by atoms with Gasteiger partial charge in [0.2, 0.25) is 0 Å². The summed E-state index contributed by atoms with van der Waals surface area (Å²) in [7, 11) is 3.23. The highest BCUT2D eigenvalue weighted by molar-refractivity contribution is 5.78. The summed E-state index contributed by atoms with van der Waals surface area (Å²) >= 11 is 0. The first-order valence-electron chi connectivity index (χ1n) is 10.1. The second-order valence-corrected chi connectivity index (χ2v) is 7.22. The molecule has 8 heteroatoms. The molecule has 4 rings (SSSR count). The maximum Gasteiger partial charge on any atom is 0.310 e. The summed E-state index contributed by atoms with van der Waals surface area (Å²) in [6.45, 7) is 3.69. The number of rotatable bonds is 6. The molecular weight excluding hydrogens is 384 g/mol. The van der Waals surface area contributed by atoms with Crippen LogP contribution < -0.4 is 14.4 Å². The largest absolute Gasteiger partial charge is 0.493 e. The van der Waals surface area contributed by atoms with Crippen LogP contribution in [0.4, 0.5) is 5.82 Å². The topological polar surface area (TPSA) is 78.2 Å². The summed E-state index contributed by atoms with van der Waals surface area (Å²) in [5.41, 5.74) is 2.63. The van der Waals surface area contributed by atoms with E-state index in [1.165, 1.54) is 0 Å². The van der Waals surface area contributed by atoms with Gasteiger partial charge in [-0.1, -0.05) is 0 Å². The Hall–Kier alpha value is -3.29. The summed E-state index contributed by atoms with van der Waals surface area (Å²) in [6.07, 6.45) is 5.33. The molecule has 0 amide bonds. The quantitative estimate of drug-likeness (QED) is 0.578. The first kappa shape index (κ1) is 20.0. The highest BCUT2D eigenvalue weighted by Gasteiger charge is 2.28. The standard InChI is InChI=1S/C22H26N4O4/c1-4-30-22(27)16-6-5-10-25(14-16)21-18-13-17(24-26(18)11-9-23-21)15-7-8-19(28-2)20(12-15)29-3/h7-9,11-13,16H,4-6,10,14H2,1-3H3/t16-/m0/s1. The van der Waals surface area contributed by atoms with Crippen molar-refractivity contribution < 1.29 is 19.0 Å². The lowest BCUT2D eigenvalue weighted by Gasteiger charge is -2.32. The third-order valence-corrected chi connectivity index (χ3v) is 5.39. The number of esters is 1. The number of methoxy groups -OCH3 is 2. The number of aromatic nitrogens is 3. The van der Waals surface area contributed by atoms with E-state index in [1.807, 2.05) is 41.9 Å². The molecule has 2 aromatic heterocycles. The number of nitrogens with zero attached hydrogens (tertiary/aromatic N) is 4. The number of hydrogen-bond donors (Lipinski definition) is 0. The van der Waals surface area contributed by atoms with Crippen LogP contribution in [-0.2, 0) is 9.53 Å². The normalized spacial score (nSPS) is 16.5. The van der Waals surface area contributed by atoms with Gasteiger partial charge in [0.05, 0.1) is 32.4 Å². The molecule has 1 fully saturated rings. The second-order valence-electron chi connectivity index (χ2n) is 7.22. The predicted molar refractivity (Wildman–Crippen MR) is 113 cm³/mol. The highest BCUT2D eigenvalue weighted by Crippen LogP contribution is 2.33. The Morgan fingerprint density at radius 3 is 2.80 bits per heavy atom. The number of hydrogen-bond acceptors (Lipinski definition) is 7. The van der Waals surface area contributed by atoms with Gasteiger partial charge in [0.1, 0.15) is 5.52 Å². The van der Waals surface area contributed by atoms with Gasteiger partial charge < -0.3 is 19.1 Å². The van der Waals surface area contributed by atoms with E-state index in [1.54, 1.807) is 20.4 Å². The van der Waals surface area contributed by atoms with Crippen LogP contribution in [-0.4, -0.2) is 54.5 Å². The van der Waals surface area contributed by atoms with E-state index in [9.17, 15) is 4.79 Å². The first-order chi connectivity index (χ1) is 14.6. The molecule has 1 saturated heterocycles. The molecule has 30 heavy (non-hydrogen) atoms. The maximum atomic E-state index is 12.2. The molecule has 1 aromatic carbocycles. The lowest BCUT2D eigenvalue weighted by atomic mass is 9.98. The van der Waals surface area contributed by atoms with E-state index in [0.29, 0.717) is 24.7 Å². The number of carbonyl (C=O) groups is 1. The van der Waals surface area contributed by atoms with Crippen molar-refractivity contribution in [2.45, 2.75) is 19.8 Å². The van der Waals surface area contributed by atoms with Crippen LogP contribution in [0.3, 0.4) is 0 Å². The molecule has 1 aliphatic heterocycles. The molecule has 0 bridgehead atoms. The van der Waals surface area contributed by atoms with Gasteiger partial charge in [-0.05, 0) is 44.0 Å². The molecule has 1 aliphatic rings. The van der Waals surface area contributed by atoms with Gasteiger partial charge in [-0.15, -0.1) is 0 Å². The minimum atomic E-state index is -0.131. The minimum Gasteiger partial charge on any atom is -0.493 e. The van der Waals surface area contributed by atoms with Crippen molar-refractivity contribution in [3.8, 4) is 22.8 Å². The van der Waals surface area contributed by atoms with E-state index in [2.05, 4.69) is 9.88 Å². The lowest BCUT2D eigenvalue weighted by Crippen LogP contribution is -2.40. The van der Waals surface area contributed by atoms with Gasteiger partial charge in [0.15, 0.2) is 17.3 Å². The minimum absolute atomic E-state index is 0.131. The van der Waals surface area contributed by atoms with Gasteiger partial charge >= 0.3 is 5.97 Å². The van der Waals surface area contributed by atoms with Crippen molar-refractivity contribution in [1.29, 1.82) is 0 Å². The van der Waals surface area contributed by atoms with Crippen molar-refractivity contribution in [2.75, 3.05) is 38.8 Å². The van der Waals surface area contributed by atoms with E-state index in [4.69, 9.17) is 19.3 Å². The monoisotopic (exact) mass is 410 g/mol. The highest BCUT2D eigenvalue weighted by atomic mass is 16.5. The van der Waals surface area contributed by atoms with Gasteiger partial charge in [-0.3, -0.25) is 4.79 Å². The Balaban J connectivity index is 1.67. The summed E-state index contributed by atoms with van der Waals surface area (Å²) in [6, 6.07) is 7.74. The van der Waals surface area contributed by atoms with Crippen LogP contribution in [0, 0.1) is 5.92 Å². The summed E-state index contributed by atoms with van der Waals surface area (Å²) in [4.78, 5) is 19.0. The van der Waals surface area contributed by atoms with Crippen LogP contribution in [0.1, 0.15) is 19.8 Å². The molecule has 3 aromatic rings. The zero-order chi connectivity index (χ0) is 21.1. The van der Waals surface area contributed by atoms with E-state index in [0.717, 1.165) is 42.0 Å². The molecule has 0 radical (unpaired) electrons. The molecule has 0 aliphatic carbocycles. The third kappa shape index (κ3) is 3.77. The van der Waals surface area contributed by atoms with Gasteiger partial charge in [0, 0.05) is 31.0 Å². The maximum absolute atomic E-state index is 12.2. The average Bonchev–Trinajstić information content (AvgIpc) is 3.23. The Morgan fingerprint density at radius 2 is 2.03 bits per heavy atom. The van der Waals surface area contributed by atoms with Crippen LogP contribution in [0.15, 0.2) is 36.7 Å². The summed E-state index contributed by atoms with van der Waals surface area (Å²) < 4.78 is 17.8. The number of fused-ring (bicyclic) bond motifs is 1. The average molecular weight is 410 g/mol. The number of ether oxygens (including phenoxy) is 3. The van der Waals surface area contributed by atoms with E-state index < -0.39 is 0 Å². The number of carbonyl (C=O) groups excluding carboxylic acids is 1. The molecule has 3 heterocycles. The molecule has 0 saturated carbocycles. The smallest absolute Gasteiger partial charge is 0.310 e. The first-order valence-corrected chi connectivity index (χ1v) is 10.1. The zero-order valence-corrected chi connectivity index (χ0v) is 17.5. The Labute approximate surface area is 175 Å². The zero-order valence-electron chi connectivity index (χ0n) is 17.5. The second kappa shape index (κ2) is 8.61. The van der Waals surface area contributed by atoms with Gasteiger partial charge in [-0.2, -0.15) is 5.10 Å². The predicted octanol–water partition coefficient (Wildman–Crippen LogP) is 3.19. The van der Waals surface area contributed by atoms with Crippen LogP contribution in [0.5, 0.6) is 11.5 Å². The van der Waals surface area contributed by atoms with Crippen molar-refractivity contribution in [3.05, 3.63) is 36.7 Å². The Kier molecular flexibility index (Phi) is 5.74. The van der Waals surface area contributed by atoms with E-state index in [-0.39, 0.29) is 11.9 Å². The van der Waals surface area contributed by atoms with Crippen molar-refractivity contribution >= 4 is 17.3 Å². The van der Waals surface area contributed by atoms with Gasteiger partial charge in [-0.25, -0.2) is 9.50 Å². The van der Waals surface area contributed by atoms with Crippen LogP contribution in [0.2, 0.25) is 0 Å². The fourth-order valence-corrected chi connectivity index (χ4v) is 3.91. The Bertz CT molecular complexity index is 1050.